The summed E-state index contributed by atoms with van der Waals surface area (Å²) < 4.78 is 1.62. The Hall–Kier alpha value is -0.850. The third-order valence-electron chi connectivity index (χ3n) is 2.30. The second-order valence-corrected chi connectivity index (χ2v) is 6.29. The highest BCUT2D eigenvalue weighted by molar-refractivity contribution is 9.13. The first-order valence-electron chi connectivity index (χ1n) is 5.15. The topological polar surface area (TPSA) is 46.5 Å². The van der Waals surface area contributed by atoms with Crippen LogP contribution in [0.2, 0.25) is 0 Å². The summed E-state index contributed by atoms with van der Waals surface area (Å²) in [6, 6.07) is 6.91. The molecule has 3 nitrogen and oxygen atoms in total. The predicted octanol–water partition coefficient (Wildman–Crippen LogP) is 4.17. The van der Waals surface area contributed by atoms with Gasteiger partial charge in [-0.2, -0.15) is 0 Å². The van der Waals surface area contributed by atoms with E-state index < -0.39 is 0 Å². The molecule has 0 fully saturated rings. The molecule has 0 N–H and O–H groups in total. The summed E-state index contributed by atoms with van der Waals surface area (Å²) >= 11 is 9.56. The SMILES string of the molecule is O=C1C(Br)=CC(=NC(=O)c2ccc(Br)cc2)C=C1Br. The molecule has 0 aliphatic heterocycles. The number of carbonyl (C=O) groups excluding carboxylic acids is 2. The lowest BCUT2D eigenvalue weighted by Crippen LogP contribution is -2.09. The van der Waals surface area contributed by atoms with Gasteiger partial charge in [-0.3, -0.25) is 9.59 Å². The number of carbonyl (C=O) groups is 2. The van der Waals surface area contributed by atoms with Gasteiger partial charge in [-0.15, -0.1) is 0 Å². The molecule has 0 spiro atoms. The fraction of sp³-hybridized carbons (Fsp3) is 0. The number of halogens is 3. The maximum Gasteiger partial charge on any atom is 0.277 e. The zero-order valence-electron chi connectivity index (χ0n) is 9.36. The van der Waals surface area contributed by atoms with Gasteiger partial charge in [0.25, 0.3) is 5.91 Å². The molecule has 0 saturated heterocycles. The Morgan fingerprint density at radius 2 is 1.47 bits per heavy atom. The molecule has 0 heterocycles. The van der Waals surface area contributed by atoms with Crippen LogP contribution in [0.4, 0.5) is 0 Å². The van der Waals surface area contributed by atoms with Gasteiger partial charge in [0, 0.05) is 10.0 Å². The van der Waals surface area contributed by atoms with Crippen molar-refractivity contribution in [2.45, 2.75) is 0 Å². The first kappa shape index (κ1) is 14.6. The van der Waals surface area contributed by atoms with Crippen molar-refractivity contribution < 1.29 is 9.59 Å². The van der Waals surface area contributed by atoms with Crippen molar-refractivity contribution in [3.8, 4) is 0 Å². The molecule has 0 unspecified atom stereocenters. The molecule has 1 aromatic carbocycles. The number of amides is 1. The van der Waals surface area contributed by atoms with E-state index in [1.165, 1.54) is 12.2 Å². The number of hydrogen-bond acceptors (Lipinski definition) is 2. The third kappa shape index (κ3) is 3.58. The van der Waals surface area contributed by atoms with E-state index in [9.17, 15) is 9.59 Å². The number of nitrogens with zero attached hydrogens (tertiary/aromatic N) is 1. The van der Waals surface area contributed by atoms with Gasteiger partial charge in [-0.25, -0.2) is 4.99 Å². The standard InChI is InChI=1S/C13H6Br3NO2/c14-8-3-1-7(2-4-8)13(19)17-9-5-10(15)12(18)11(16)6-9/h1-6H. The summed E-state index contributed by atoms with van der Waals surface area (Å²) in [4.78, 5) is 27.4. The lowest BCUT2D eigenvalue weighted by Gasteiger charge is -2.05. The molecule has 1 amide bonds. The summed E-state index contributed by atoms with van der Waals surface area (Å²) in [6.07, 6.45) is 3.04. The molecule has 1 aliphatic carbocycles. The number of aliphatic imine (C=N–C) groups is 1. The molecule has 6 heteroatoms. The third-order valence-corrected chi connectivity index (χ3v) is 4.01. The summed E-state index contributed by atoms with van der Waals surface area (Å²) in [5, 5.41) is 0. The van der Waals surface area contributed by atoms with Gasteiger partial charge < -0.3 is 0 Å². The summed E-state index contributed by atoms with van der Waals surface area (Å²) in [5.74, 6) is -0.528. The van der Waals surface area contributed by atoms with Crippen molar-refractivity contribution in [1.29, 1.82) is 0 Å². The molecule has 0 aromatic heterocycles. The van der Waals surface area contributed by atoms with E-state index in [4.69, 9.17) is 0 Å². The fourth-order valence-corrected chi connectivity index (χ4v) is 2.81. The summed E-state index contributed by atoms with van der Waals surface area (Å²) in [6.45, 7) is 0. The van der Waals surface area contributed by atoms with Crippen molar-refractivity contribution in [3.05, 3.63) is 55.4 Å². The molecule has 1 aromatic rings. The van der Waals surface area contributed by atoms with Gasteiger partial charge >= 0.3 is 0 Å². The molecule has 0 saturated carbocycles. The van der Waals surface area contributed by atoms with E-state index >= 15 is 0 Å². The molecule has 1 aliphatic rings. The van der Waals surface area contributed by atoms with Crippen LogP contribution in [0.5, 0.6) is 0 Å². The Morgan fingerprint density at radius 1 is 0.947 bits per heavy atom. The smallest absolute Gasteiger partial charge is 0.277 e. The van der Waals surface area contributed by atoms with Crippen LogP contribution in [0, 0.1) is 0 Å². The second kappa shape index (κ2) is 6.07. The largest absolute Gasteiger partial charge is 0.287 e. The number of allylic oxidation sites excluding steroid dienone is 4. The van der Waals surface area contributed by atoms with Crippen molar-refractivity contribution in [2.24, 2.45) is 4.99 Å². The van der Waals surface area contributed by atoms with Crippen LogP contribution in [0.25, 0.3) is 0 Å². The minimum absolute atomic E-state index is 0.171. The van der Waals surface area contributed by atoms with Crippen LogP contribution >= 0.6 is 47.8 Å². The molecular formula is C13H6Br3NO2. The van der Waals surface area contributed by atoms with Gasteiger partial charge in [0.2, 0.25) is 5.78 Å². The molecule has 0 radical (unpaired) electrons. The Kier molecular flexibility index (Phi) is 4.65. The Labute approximate surface area is 134 Å². The minimum Gasteiger partial charge on any atom is -0.287 e. The lowest BCUT2D eigenvalue weighted by molar-refractivity contribution is -0.110. The van der Waals surface area contributed by atoms with Gasteiger partial charge in [0.05, 0.1) is 14.7 Å². The zero-order chi connectivity index (χ0) is 14.0. The first-order valence-corrected chi connectivity index (χ1v) is 7.53. The Morgan fingerprint density at radius 3 is 2.00 bits per heavy atom. The normalized spacial score (nSPS) is 14.9. The number of ketones is 1. The van der Waals surface area contributed by atoms with Gasteiger partial charge in [0.1, 0.15) is 0 Å². The monoisotopic (exact) mass is 445 g/mol. The second-order valence-electron chi connectivity index (χ2n) is 3.66. The van der Waals surface area contributed by atoms with Crippen LogP contribution in [-0.4, -0.2) is 17.4 Å². The van der Waals surface area contributed by atoms with Crippen LogP contribution in [-0.2, 0) is 4.79 Å². The van der Waals surface area contributed by atoms with Crippen LogP contribution in [0.1, 0.15) is 10.4 Å². The zero-order valence-corrected chi connectivity index (χ0v) is 14.1. The van der Waals surface area contributed by atoms with Gasteiger partial charge in [-0.05, 0) is 68.3 Å². The van der Waals surface area contributed by atoms with E-state index in [2.05, 4.69) is 52.8 Å². The van der Waals surface area contributed by atoms with Crippen LogP contribution < -0.4 is 0 Å². The van der Waals surface area contributed by atoms with E-state index in [0.29, 0.717) is 20.2 Å². The van der Waals surface area contributed by atoms with E-state index in [-0.39, 0.29) is 11.7 Å². The minimum atomic E-state index is -0.357. The Bertz CT molecular complexity index is 618. The van der Waals surface area contributed by atoms with E-state index in [1.54, 1.807) is 24.3 Å². The number of Topliss-reactive ketones (excluding diaryl/α,β-unsaturated/α-hetero) is 1. The molecule has 96 valence electrons. The van der Waals surface area contributed by atoms with Crippen molar-refractivity contribution in [3.63, 3.8) is 0 Å². The van der Waals surface area contributed by atoms with E-state index in [1.807, 2.05) is 0 Å². The maximum atomic E-state index is 11.9. The average Bonchev–Trinajstić information content (AvgIpc) is 2.36. The quantitative estimate of drug-likeness (QED) is 0.606. The van der Waals surface area contributed by atoms with Crippen LogP contribution in [0.15, 0.2) is 54.8 Å². The van der Waals surface area contributed by atoms with Gasteiger partial charge in [-0.1, -0.05) is 15.9 Å². The number of benzene rings is 1. The van der Waals surface area contributed by atoms with Crippen molar-refractivity contribution in [1.82, 2.24) is 0 Å². The predicted molar refractivity (Wildman–Crippen MR) is 84.9 cm³/mol. The molecule has 0 bridgehead atoms. The highest BCUT2D eigenvalue weighted by atomic mass is 79.9. The van der Waals surface area contributed by atoms with Gasteiger partial charge in [0.15, 0.2) is 0 Å². The Balaban J connectivity index is 2.29. The highest BCUT2D eigenvalue weighted by Crippen LogP contribution is 2.22. The molecule has 19 heavy (non-hydrogen) atoms. The molecule has 2 rings (SSSR count). The number of hydrogen-bond donors (Lipinski definition) is 0. The summed E-state index contributed by atoms with van der Waals surface area (Å²) in [5.41, 5.74) is 0.910. The first-order chi connectivity index (χ1) is 8.97. The average molecular weight is 448 g/mol. The van der Waals surface area contributed by atoms with Crippen LogP contribution in [0.3, 0.4) is 0 Å². The maximum absolute atomic E-state index is 11.9. The van der Waals surface area contributed by atoms with Crippen molar-refractivity contribution in [2.75, 3.05) is 0 Å². The highest BCUT2D eigenvalue weighted by Gasteiger charge is 2.17. The fourth-order valence-electron chi connectivity index (χ4n) is 1.39. The van der Waals surface area contributed by atoms with E-state index in [0.717, 1.165) is 4.47 Å². The molecule has 0 atom stereocenters. The molecular weight excluding hydrogens is 442 g/mol. The number of rotatable bonds is 1. The lowest BCUT2D eigenvalue weighted by atomic mass is 10.1. The summed E-state index contributed by atoms with van der Waals surface area (Å²) in [7, 11) is 0. The van der Waals surface area contributed by atoms with Crippen molar-refractivity contribution >= 4 is 65.2 Å².